The van der Waals surface area contributed by atoms with Crippen molar-refractivity contribution in [2.24, 2.45) is 0 Å². The molecule has 0 radical (unpaired) electrons. The van der Waals surface area contributed by atoms with Gasteiger partial charge in [-0.15, -0.1) is 0 Å². The zero-order chi connectivity index (χ0) is 15.9. The van der Waals surface area contributed by atoms with Crippen LogP contribution in [-0.2, 0) is 20.7 Å². The maximum absolute atomic E-state index is 12.8. The van der Waals surface area contributed by atoms with Crippen LogP contribution in [0.4, 0.5) is 4.39 Å². The van der Waals surface area contributed by atoms with Gasteiger partial charge in [0.05, 0.1) is 7.11 Å². The molecule has 1 N–H and O–H groups in total. The summed E-state index contributed by atoms with van der Waals surface area (Å²) in [7, 11) is 1.24. The third-order valence-electron chi connectivity index (χ3n) is 2.79. The summed E-state index contributed by atoms with van der Waals surface area (Å²) in [5, 5.41) is 6.17. The summed E-state index contributed by atoms with van der Waals surface area (Å²) in [6.07, 6.45) is 0.337. The predicted molar refractivity (Wildman–Crippen MR) is 73.0 cm³/mol. The van der Waals surface area contributed by atoms with Gasteiger partial charge < -0.3 is 14.6 Å². The molecule has 0 spiro atoms. The van der Waals surface area contributed by atoms with Crippen LogP contribution in [0, 0.1) is 5.82 Å². The summed E-state index contributed by atoms with van der Waals surface area (Å²) in [6, 6.07) is 5.66. The lowest BCUT2D eigenvalue weighted by Crippen LogP contribution is -2.30. The average molecular weight is 307 g/mol. The summed E-state index contributed by atoms with van der Waals surface area (Å²) in [4.78, 5) is 26.5. The van der Waals surface area contributed by atoms with E-state index >= 15 is 0 Å². The lowest BCUT2D eigenvalue weighted by molar-refractivity contribution is -0.141. The summed E-state index contributed by atoms with van der Waals surface area (Å²) in [6.45, 7) is -0.181. The molecule has 0 fully saturated rings. The molecule has 1 aromatic heterocycles. The van der Waals surface area contributed by atoms with Crippen LogP contribution in [0.5, 0.6) is 0 Å². The minimum atomic E-state index is -0.523. The summed E-state index contributed by atoms with van der Waals surface area (Å²) >= 11 is 0. The van der Waals surface area contributed by atoms with Crippen molar-refractivity contribution in [2.75, 3.05) is 13.7 Å². The predicted octanol–water partition coefficient (Wildman–Crippen LogP) is 1.10. The Morgan fingerprint density at radius 2 is 2.05 bits per heavy atom. The van der Waals surface area contributed by atoms with Crippen molar-refractivity contribution in [1.82, 2.24) is 15.5 Å². The number of aromatic nitrogens is 2. The van der Waals surface area contributed by atoms with Crippen LogP contribution in [0.15, 0.2) is 28.8 Å². The molecular formula is C14H14FN3O4. The van der Waals surface area contributed by atoms with Crippen LogP contribution in [0.25, 0.3) is 11.4 Å². The van der Waals surface area contributed by atoms with Gasteiger partial charge in [0.25, 0.3) is 0 Å². The number of ether oxygens (including phenoxy) is 1. The van der Waals surface area contributed by atoms with Crippen molar-refractivity contribution in [2.45, 2.75) is 12.8 Å². The van der Waals surface area contributed by atoms with Crippen molar-refractivity contribution in [1.29, 1.82) is 0 Å². The van der Waals surface area contributed by atoms with Gasteiger partial charge in [0.1, 0.15) is 12.4 Å². The molecule has 0 saturated carbocycles. The molecule has 116 valence electrons. The molecule has 2 rings (SSSR count). The smallest absolute Gasteiger partial charge is 0.325 e. The summed E-state index contributed by atoms with van der Waals surface area (Å²) in [5.41, 5.74) is 0.617. The molecule has 8 heteroatoms. The number of carbonyl (C=O) groups excluding carboxylic acids is 2. The highest BCUT2D eigenvalue weighted by atomic mass is 19.1. The number of hydrogen-bond donors (Lipinski definition) is 1. The number of amides is 1. The topological polar surface area (TPSA) is 94.3 Å². The first-order valence-electron chi connectivity index (χ1n) is 6.50. The number of aryl methyl sites for hydroxylation is 1. The quantitative estimate of drug-likeness (QED) is 0.803. The highest BCUT2D eigenvalue weighted by Crippen LogP contribution is 2.16. The molecule has 0 aliphatic heterocycles. The van der Waals surface area contributed by atoms with E-state index in [9.17, 15) is 14.0 Å². The highest BCUT2D eigenvalue weighted by molar-refractivity contribution is 5.81. The number of rotatable bonds is 6. The Morgan fingerprint density at radius 3 is 2.73 bits per heavy atom. The second-order valence-electron chi connectivity index (χ2n) is 4.37. The first-order chi connectivity index (χ1) is 10.6. The second-order valence-corrected chi connectivity index (χ2v) is 4.37. The molecule has 22 heavy (non-hydrogen) atoms. The monoisotopic (exact) mass is 307 g/mol. The van der Waals surface area contributed by atoms with Gasteiger partial charge in [0, 0.05) is 18.4 Å². The van der Waals surface area contributed by atoms with Crippen molar-refractivity contribution >= 4 is 11.9 Å². The van der Waals surface area contributed by atoms with Crippen molar-refractivity contribution in [3.63, 3.8) is 0 Å². The van der Waals surface area contributed by atoms with Gasteiger partial charge in [0.2, 0.25) is 17.6 Å². The Bertz CT molecular complexity index is 654. The van der Waals surface area contributed by atoms with E-state index in [0.29, 0.717) is 11.4 Å². The third kappa shape index (κ3) is 4.37. The molecule has 1 aromatic carbocycles. The fourth-order valence-corrected chi connectivity index (χ4v) is 1.62. The Kier molecular flexibility index (Phi) is 5.18. The standard InChI is InChI=1S/C14H14FN3O4/c1-21-13(20)8-16-11(19)6-7-12-17-14(18-22-12)9-2-4-10(15)5-3-9/h2-5H,6-8H2,1H3,(H,16,19). The van der Waals surface area contributed by atoms with E-state index in [1.165, 1.54) is 31.4 Å². The van der Waals surface area contributed by atoms with Crippen molar-refractivity contribution in [3.05, 3.63) is 36.0 Å². The molecule has 1 amide bonds. The van der Waals surface area contributed by atoms with Crippen LogP contribution in [-0.4, -0.2) is 35.7 Å². The van der Waals surface area contributed by atoms with E-state index in [-0.39, 0.29) is 37.0 Å². The Labute approximate surface area is 125 Å². The molecular weight excluding hydrogens is 293 g/mol. The number of hydrogen-bond acceptors (Lipinski definition) is 6. The number of carbonyl (C=O) groups is 2. The van der Waals surface area contributed by atoms with Gasteiger partial charge in [-0.25, -0.2) is 4.39 Å². The fourth-order valence-electron chi connectivity index (χ4n) is 1.62. The van der Waals surface area contributed by atoms with Gasteiger partial charge in [-0.3, -0.25) is 9.59 Å². The van der Waals surface area contributed by atoms with E-state index in [4.69, 9.17) is 4.52 Å². The third-order valence-corrected chi connectivity index (χ3v) is 2.79. The van der Waals surface area contributed by atoms with Gasteiger partial charge in [-0.05, 0) is 24.3 Å². The highest BCUT2D eigenvalue weighted by Gasteiger charge is 2.11. The molecule has 7 nitrogen and oxygen atoms in total. The maximum atomic E-state index is 12.8. The first-order valence-corrected chi connectivity index (χ1v) is 6.50. The van der Waals surface area contributed by atoms with E-state index in [1.807, 2.05) is 0 Å². The minimum absolute atomic E-state index is 0.0993. The molecule has 0 bridgehead atoms. The molecule has 0 saturated heterocycles. The molecule has 0 aliphatic carbocycles. The number of nitrogens with one attached hydrogen (secondary N) is 1. The van der Waals surface area contributed by atoms with Gasteiger partial charge >= 0.3 is 5.97 Å². The number of benzene rings is 1. The van der Waals surface area contributed by atoms with Crippen molar-refractivity contribution < 1.29 is 23.2 Å². The van der Waals surface area contributed by atoms with E-state index < -0.39 is 5.97 Å². The normalized spacial score (nSPS) is 10.3. The lowest BCUT2D eigenvalue weighted by Gasteiger charge is -2.01. The number of methoxy groups -OCH3 is 1. The first kappa shape index (κ1) is 15.6. The van der Waals surface area contributed by atoms with E-state index in [1.54, 1.807) is 0 Å². The second kappa shape index (κ2) is 7.30. The fraction of sp³-hybridized carbons (Fsp3) is 0.286. The SMILES string of the molecule is COC(=O)CNC(=O)CCc1nc(-c2ccc(F)cc2)no1. The molecule has 0 aliphatic rings. The van der Waals surface area contributed by atoms with Crippen LogP contribution < -0.4 is 5.32 Å². The number of halogens is 1. The van der Waals surface area contributed by atoms with E-state index in [2.05, 4.69) is 20.2 Å². The van der Waals surface area contributed by atoms with Gasteiger partial charge in [-0.2, -0.15) is 4.98 Å². The van der Waals surface area contributed by atoms with E-state index in [0.717, 1.165) is 0 Å². The lowest BCUT2D eigenvalue weighted by atomic mass is 10.2. The zero-order valence-electron chi connectivity index (χ0n) is 11.8. The Morgan fingerprint density at radius 1 is 1.32 bits per heavy atom. The van der Waals surface area contributed by atoms with Gasteiger partial charge in [0.15, 0.2) is 0 Å². The number of esters is 1. The molecule has 0 atom stereocenters. The van der Waals surface area contributed by atoms with Crippen LogP contribution in [0.3, 0.4) is 0 Å². The zero-order valence-corrected chi connectivity index (χ0v) is 11.8. The van der Waals surface area contributed by atoms with Gasteiger partial charge in [-0.1, -0.05) is 5.16 Å². The molecule has 2 aromatic rings. The molecule has 0 unspecified atom stereocenters. The number of nitrogens with zero attached hydrogens (tertiary/aromatic N) is 2. The van der Waals surface area contributed by atoms with Crippen LogP contribution >= 0.6 is 0 Å². The van der Waals surface area contributed by atoms with Crippen LogP contribution in [0.2, 0.25) is 0 Å². The largest absolute Gasteiger partial charge is 0.468 e. The Hall–Kier alpha value is -2.77. The van der Waals surface area contributed by atoms with Crippen LogP contribution in [0.1, 0.15) is 12.3 Å². The van der Waals surface area contributed by atoms with Crippen molar-refractivity contribution in [3.8, 4) is 11.4 Å². The summed E-state index contributed by atoms with van der Waals surface area (Å²) in [5.74, 6) is -0.594. The maximum Gasteiger partial charge on any atom is 0.325 e. The average Bonchev–Trinajstić information content (AvgIpc) is 3.00. The summed E-state index contributed by atoms with van der Waals surface area (Å²) < 4.78 is 22.3. The minimum Gasteiger partial charge on any atom is -0.468 e. The molecule has 1 heterocycles. The Balaban J connectivity index is 1.86.